The van der Waals surface area contributed by atoms with Crippen LogP contribution in [0.25, 0.3) is 12.2 Å². The second kappa shape index (κ2) is 44.3. The van der Waals surface area contributed by atoms with Crippen molar-refractivity contribution in [2.24, 2.45) is 0 Å². The minimum absolute atomic E-state index is 0. The van der Waals surface area contributed by atoms with E-state index in [1.165, 1.54) is 46.4 Å². The first-order valence-electron chi connectivity index (χ1n) is 38.3. The second-order valence-corrected chi connectivity index (χ2v) is 43.6. The van der Waals surface area contributed by atoms with Gasteiger partial charge in [-0.3, -0.25) is 4.79 Å². The van der Waals surface area contributed by atoms with E-state index < -0.39 is 23.9 Å². The number of likely N-dealkylation sites (N-methyl/N-ethyl adjacent to an activating group) is 2. The molecule has 0 radical (unpaired) electrons. The molecule has 0 atom stereocenters. The van der Waals surface area contributed by atoms with E-state index in [1.54, 1.807) is 11.3 Å². The fourth-order valence-corrected chi connectivity index (χ4v) is 29.4. The summed E-state index contributed by atoms with van der Waals surface area (Å²) in [5, 5.41) is 13.6. The zero-order valence-electron chi connectivity index (χ0n) is 67.1. The molecule has 7 nitrogen and oxygen atoms in total. The maximum absolute atomic E-state index is 11.7. The van der Waals surface area contributed by atoms with Crippen molar-refractivity contribution < 1.29 is 54.4 Å². The predicted molar refractivity (Wildman–Crippen MR) is 485 cm³/mol. The van der Waals surface area contributed by atoms with E-state index in [2.05, 4.69) is 354 Å². The number of anilines is 2. The van der Waals surface area contributed by atoms with Crippen molar-refractivity contribution in [3.8, 4) is 11.5 Å². The van der Waals surface area contributed by atoms with Gasteiger partial charge in [0.1, 0.15) is 54.1 Å². The molecule has 2 aromatic heterocycles. The Morgan fingerprint density at radius 1 is 0.395 bits per heavy atom. The van der Waals surface area contributed by atoms with Gasteiger partial charge >= 0.3 is 18.9 Å². The molecule has 14 aromatic rings. The maximum atomic E-state index is 11.7. The number of hydrogen-bond acceptors (Lipinski definition) is 9. The van der Waals surface area contributed by atoms with Gasteiger partial charge in [0.05, 0.1) is 18.8 Å². The number of benzene rings is 12. The monoisotopic (exact) mass is 1600 g/mol. The van der Waals surface area contributed by atoms with E-state index in [9.17, 15) is 4.79 Å². The molecule has 0 N–H and O–H groups in total. The van der Waals surface area contributed by atoms with Crippen LogP contribution in [0, 0.1) is 6.07 Å². The van der Waals surface area contributed by atoms with E-state index in [4.69, 9.17) is 18.3 Å². The molecule has 0 spiro atoms. The maximum Gasteiger partial charge on any atom is 1.00 e. The summed E-state index contributed by atoms with van der Waals surface area (Å²) in [7, 11) is -2.73. The summed E-state index contributed by atoms with van der Waals surface area (Å²) in [5.74, 6) is 1.45. The minimum Gasteiger partial charge on any atom is -1.00 e. The van der Waals surface area contributed by atoms with Gasteiger partial charge in [0.2, 0.25) is 0 Å². The van der Waals surface area contributed by atoms with Gasteiger partial charge in [-0.25, -0.2) is 0 Å². The Balaban J connectivity index is 0.000000192. The first kappa shape index (κ1) is 88.3. The molecular weight excluding hydrogens is 1500 g/mol. The zero-order chi connectivity index (χ0) is 78.3. The van der Waals surface area contributed by atoms with Gasteiger partial charge in [0, 0.05) is 66.0 Å². The average molecular weight is 1610 g/mol. The van der Waals surface area contributed by atoms with Crippen molar-refractivity contribution in [1.29, 1.82) is 0 Å². The van der Waals surface area contributed by atoms with Gasteiger partial charge < -0.3 is 40.5 Å². The largest absolute Gasteiger partial charge is 1.00 e. The van der Waals surface area contributed by atoms with Crippen LogP contribution in [0.5, 0.6) is 11.5 Å². The normalized spacial score (nSPS) is 11.3. The third-order valence-electron chi connectivity index (χ3n) is 19.9. The van der Waals surface area contributed by atoms with Gasteiger partial charge in [0.15, 0.2) is 6.29 Å². The molecule has 0 aliphatic heterocycles. The molecular formula is C100H103ClLiN2O5PS2Si2. The van der Waals surface area contributed by atoms with E-state index in [0.717, 1.165) is 52.8 Å². The predicted octanol–water partition coefficient (Wildman–Crippen LogP) is 15.3. The van der Waals surface area contributed by atoms with E-state index in [-0.39, 0.29) is 41.3 Å². The smallest absolute Gasteiger partial charge is 1.00 e. The zero-order valence-corrected chi connectivity index (χ0v) is 72.3. The SMILES string of the molecule is CN(CCO[Si](c1ccccc1)(c1ccccc1)C(C)(C)C)c1ccc(C=Cc2cccs2)c(OCc2ccccc2)c1.CN(CCO[Si](c1ccccc1)(c1ccccc1)C(C)(C)C)c1ccc(C=O)c(OCc2ccccc2)c1.[Cl-].[Li+].[c-]1ccccc1.c1ccc([P+](Cc2cccs2)(c2ccccc2)c2ccccc2)cc1. The summed E-state index contributed by atoms with van der Waals surface area (Å²) in [6.07, 6.45) is 6.21. The molecule has 14 rings (SSSR count). The topological polar surface area (TPSA) is 60.5 Å². The van der Waals surface area contributed by atoms with Gasteiger partial charge in [-0.05, 0) is 138 Å². The Kier molecular flexibility index (Phi) is 34.3. The molecule has 2 heterocycles. The number of aldehydes is 1. The van der Waals surface area contributed by atoms with Crippen molar-refractivity contribution in [3.05, 3.63) is 413 Å². The molecule has 14 heteroatoms. The quantitative estimate of drug-likeness (QED) is 0.0210. The van der Waals surface area contributed by atoms with Crippen LogP contribution in [0.4, 0.5) is 11.4 Å². The molecule has 0 saturated carbocycles. The fourth-order valence-electron chi connectivity index (χ4n) is 14.2. The number of ether oxygens (including phenoxy) is 2. The number of nitrogens with zero attached hydrogens (tertiary/aromatic N) is 2. The summed E-state index contributed by atoms with van der Waals surface area (Å²) >= 11 is 3.59. The van der Waals surface area contributed by atoms with Crippen LogP contribution in [0.1, 0.15) is 78.3 Å². The Hall–Kier alpha value is -9.68. The van der Waals surface area contributed by atoms with Crippen molar-refractivity contribution in [3.63, 3.8) is 0 Å². The van der Waals surface area contributed by atoms with Crippen LogP contribution in [0.3, 0.4) is 0 Å². The summed E-state index contributed by atoms with van der Waals surface area (Å²) < 4.78 is 26.6. The summed E-state index contributed by atoms with van der Waals surface area (Å²) in [5.41, 5.74) is 5.88. The number of thiophene rings is 2. The Bertz CT molecular complexity index is 4840. The molecule has 0 aliphatic rings. The number of carbonyl (C=O) groups excluding carboxylic acids is 1. The summed E-state index contributed by atoms with van der Waals surface area (Å²) in [6.45, 7) is 17.4. The van der Waals surface area contributed by atoms with E-state index in [1.807, 2.05) is 115 Å². The van der Waals surface area contributed by atoms with Crippen molar-refractivity contribution in [1.82, 2.24) is 0 Å². The third-order valence-corrected chi connectivity index (χ3v) is 36.3. The van der Waals surface area contributed by atoms with E-state index in [0.29, 0.717) is 44.3 Å². The van der Waals surface area contributed by atoms with Gasteiger partial charge in [-0.2, -0.15) is 36.4 Å². The second-order valence-electron chi connectivity index (χ2n) is 29.5. The van der Waals surface area contributed by atoms with Crippen LogP contribution >= 0.6 is 29.9 Å². The molecule has 576 valence electrons. The first-order valence-corrected chi connectivity index (χ1v) is 45.9. The fraction of sp³-hybridized carbons (Fsp3) is 0.170. The minimum atomic E-state index is -2.59. The van der Waals surface area contributed by atoms with Crippen molar-refractivity contribution in [2.75, 3.05) is 50.2 Å². The molecule has 12 aromatic carbocycles. The molecule has 0 bridgehead atoms. The number of carbonyl (C=O) groups is 1. The van der Waals surface area contributed by atoms with Crippen LogP contribution in [-0.2, 0) is 28.2 Å². The standard InChI is InChI=1S/C38H41NO2SSi.C33H37NO3Si.C23H20PS.C6H5.ClH.Li/c1-38(2,3)43(35-18-10-6-11-19-35,36-20-12-7-13-21-36)41-27-26-39(4)33-24-22-32(23-25-34-17-14-28-42-34)37(29-33)40-30-31-15-8-5-9-16-31;1-33(2,3)38(30-16-10-6-11-17-30,31-18-12-7-13-19-31)37-23-22-34(4)29-21-20-28(25-35)32(24-29)36-26-27-14-8-5-9-15-27;1-4-11-20(12-5-1)24(19-23-17-10-18-25-23,21-13-6-2-7-14-21)22-15-8-3-9-16-22;1-2-4-6-5-3-1;;/h5-25,28-29H,26-27,30H2,1-4H3;5-21,24-25H,22-23,26H2,1-4H3;1-18H,19H2;1-5H;1H;/q;;+1;-1;;+1/p-1. The Morgan fingerprint density at radius 3 is 1.06 bits per heavy atom. The molecule has 0 unspecified atom stereocenters. The molecule has 0 aliphatic carbocycles. The van der Waals surface area contributed by atoms with Gasteiger partial charge in [-0.1, -0.05) is 290 Å². The third kappa shape index (κ3) is 23.3. The van der Waals surface area contributed by atoms with Crippen LogP contribution < -0.4 is 87.2 Å². The average Bonchev–Trinajstić information content (AvgIpc) is 0.765. The van der Waals surface area contributed by atoms with Crippen molar-refractivity contribution in [2.45, 2.75) is 71.0 Å². The van der Waals surface area contributed by atoms with Crippen LogP contribution in [0.2, 0.25) is 10.1 Å². The van der Waals surface area contributed by atoms with Gasteiger partial charge in [0.25, 0.3) is 16.6 Å². The Morgan fingerprint density at radius 2 is 0.737 bits per heavy atom. The van der Waals surface area contributed by atoms with Crippen molar-refractivity contribution >= 4 is 113 Å². The molecule has 0 saturated heterocycles. The Labute approximate surface area is 707 Å². The molecule has 0 amide bonds. The molecule has 114 heavy (non-hydrogen) atoms. The van der Waals surface area contributed by atoms with Crippen LogP contribution in [-0.4, -0.2) is 63.3 Å². The van der Waals surface area contributed by atoms with Crippen LogP contribution in [0.15, 0.2) is 375 Å². The van der Waals surface area contributed by atoms with E-state index >= 15 is 0 Å². The number of halogens is 1. The molecule has 0 fully saturated rings. The van der Waals surface area contributed by atoms with Gasteiger partial charge in [-0.15, -0.1) is 22.7 Å². The number of rotatable bonds is 28. The number of hydrogen-bond donors (Lipinski definition) is 0. The first-order chi connectivity index (χ1) is 54.6. The summed E-state index contributed by atoms with van der Waals surface area (Å²) in [6, 6.07) is 130. The summed E-state index contributed by atoms with van der Waals surface area (Å²) in [4.78, 5) is 18.7.